The van der Waals surface area contributed by atoms with E-state index in [-0.39, 0.29) is 23.0 Å². The standard InChI is InChI=1S/C31H40F2N4O5/c1-18(2)31(27(40)41,20-7-5-6-19(3)14-20)36-26(39)22-16-34-28(35-25(22)29(4,32)33)37-17-30(10-12-42-13-11-30)23-15-21(38)8-9-24(23)37/h8-9,15-16,18-20,38H,5-7,10-14,17H2,1-4H3,(H,36,39)(H,40,41). The molecule has 11 heteroatoms. The Morgan fingerprint density at radius 3 is 2.55 bits per heavy atom. The predicted molar refractivity (Wildman–Crippen MR) is 152 cm³/mol. The number of benzene rings is 1. The van der Waals surface area contributed by atoms with Crippen LogP contribution in [0, 0.1) is 17.8 Å². The molecule has 0 bridgehead atoms. The van der Waals surface area contributed by atoms with Crippen molar-refractivity contribution in [3.05, 3.63) is 41.2 Å². The molecule has 1 aliphatic carbocycles. The number of phenolic OH excluding ortho intramolecular Hbond substituents is 1. The Labute approximate surface area is 244 Å². The highest BCUT2D eigenvalue weighted by Crippen LogP contribution is 2.50. The van der Waals surface area contributed by atoms with Crippen molar-refractivity contribution in [3.63, 3.8) is 0 Å². The van der Waals surface area contributed by atoms with E-state index >= 15 is 8.78 Å². The number of carbonyl (C=O) groups is 2. The number of hydrogen-bond donors (Lipinski definition) is 3. The van der Waals surface area contributed by atoms with Crippen LogP contribution in [0.1, 0.15) is 87.8 Å². The van der Waals surface area contributed by atoms with E-state index in [0.717, 1.165) is 24.6 Å². The molecule has 2 fully saturated rings. The summed E-state index contributed by atoms with van der Waals surface area (Å²) in [6, 6.07) is 4.95. The summed E-state index contributed by atoms with van der Waals surface area (Å²) >= 11 is 0. The Morgan fingerprint density at radius 1 is 1.21 bits per heavy atom. The summed E-state index contributed by atoms with van der Waals surface area (Å²) in [4.78, 5) is 36.9. The number of nitrogens with zero attached hydrogens (tertiary/aromatic N) is 3. The van der Waals surface area contributed by atoms with Crippen LogP contribution >= 0.6 is 0 Å². The van der Waals surface area contributed by atoms with Crippen molar-refractivity contribution in [2.75, 3.05) is 24.7 Å². The Morgan fingerprint density at radius 2 is 1.93 bits per heavy atom. The molecule has 3 unspecified atom stereocenters. The molecule has 1 aromatic heterocycles. The van der Waals surface area contributed by atoms with Crippen molar-refractivity contribution < 1.29 is 33.3 Å². The molecule has 3 heterocycles. The van der Waals surface area contributed by atoms with Gasteiger partial charge in [0.1, 0.15) is 17.0 Å². The summed E-state index contributed by atoms with van der Waals surface area (Å²) in [6.07, 6.45) is 5.50. The molecular weight excluding hydrogens is 546 g/mol. The van der Waals surface area contributed by atoms with E-state index in [1.165, 1.54) is 6.07 Å². The van der Waals surface area contributed by atoms with Crippen molar-refractivity contribution in [1.29, 1.82) is 0 Å². The SMILES string of the molecule is CC1CCCC(C(NC(=O)c2cnc(N3CC4(CCOCC4)c4cc(O)ccc43)nc2C(C)(F)F)(C(=O)O)C(C)C)C1. The van der Waals surface area contributed by atoms with Crippen molar-refractivity contribution in [1.82, 2.24) is 15.3 Å². The minimum Gasteiger partial charge on any atom is -0.508 e. The molecule has 1 aromatic carbocycles. The molecule has 3 N–H and O–H groups in total. The largest absolute Gasteiger partial charge is 0.508 e. The normalized spacial score (nSPS) is 23.5. The molecule has 1 saturated carbocycles. The number of ether oxygens (including phenoxy) is 1. The second kappa shape index (κ2) is 11.1. The number of anilines is 2. The van der Waals surface area contributed by atoms with Gasteiger partial charge in [-0.2, -0.15) is 8.78 Å². The van der Waals surface area contributed by atoms with Crippen LogP contribution in [0.5, 0.6) is 5.75 Å². The molecule has 0 radical (unpaired) electrons. The molecule has 3 atom stereocenters. The van der Waals surface area contributed by atoms with Crippen LogP contribution in [0.4, 0.5) is 20.4 Å². The third kappa shape index (κ3) is 5.20. The van der Waals surface area contributed by atoms with Crippen LogP contribution in [-0.2, 0) is 20.9 Å². The highest BCUT2D eigenvalue weighted by molar-refractivity contribution is 5.99. The number of rotatable bonds is 7. The van der Waals surface area contributed by atoms with E-state index in [9.17, 15) is 19.8 Å². The van der Waals surface area contributed by atoms with Crippen LogP contribution in [0.3, 0.4) is 0 Å². The van der Waals surface area contributed by atoms with E-state index < -0.39 is 40.5 Å². The fourth-order valence-electron chi connectivity index (χ4n) is 7.32. The topological polar surface area (TPSA) is 125 Å². The van der Waals surface area contributed by atoms with E-state index in [0.29, 0.717) is 64.0 Å². The summed E-state index contributed by atoms with van der Waals surface area (Å²) < 4.78 is 35.9. The average molecular weight is 587 g/mol. The van der Waals surface area contributed by atoms with Crippen LogP contribution in [0.25, 0.3) is 0 Å². The van der Waals surface area contributed by atoms with Gasteiger partial charge in [-0.3, -0.25) is 4.79 Å². The molecule has 228 valence electrons. The molecule has 2 aliphatic heterocycles. The maximum Gasteiger partial charge on any atom is 0.329 e. The van der Waals surface area contributed by atoms with Gasteiger partial charge in [-0.15, -0.1) is 0 Å². The van der Waals surface area contributed by atoms with Gasteiger partial charge in [0, 0.05) is 44.0 Å². The van der Waals surface area contributed by atoms with Crippen LogP contribution in [-0.4, -0.2) is 57.4 Å². The molecular formula is C31H40F2N4O5. The van der Waals surface area contributed by atoms with Crippen LogP contribution in [0.2, 0.25) is 0 Å². The molecule has 1 saturated heterocycles. The smallest absolute Gasteiger partial charge is 0.329 e. The number of amides is 1. The van der Waals surface area contributed by atoms with Gasteiger partial charge in [0.2, 0.25) is 5.95 Å². The number of aliphatic carboxylic acids is 1. The highest BCUT2D eigenvalue weighted by atomic mass is 19.3. The second-order valence-electron chi connectivity index (χ2n) is 12.8. The monoisotopic (exact) mass is 586 g/mol. The fourth-order valence-corrected chi connectivity index (χ4v) is 7.32. The number of aromatic nitrogens is 2. The number of phenols is 1. The van der Waals surface area contributed by atoms with Gasteiger partial charge in [-0.1, -0.05) is 33.6 Å². The zero-order valence-electron chi connectivity index (χ0n) is 24.6. The van der Waals surface area contributed by atoms with E-state index in [1.54, 1.807) is 30.9 Å². The second-order valence-corrected chi connectivity index (χ2v) is 12.8. The number of halogens is 2. The Kier molecular flexibility index (Phi) is 7.93. The number of nitrogens with one attached hydrogen (secondary N) is 1. The number of carbonyl (C=O) groups excluding carboxylic acids is 1. The van der Waals surface area contributed by atoms with Gasteiger partial charge in [-0.05, 0) is 67.2 Å². The maximum absolute atomic E-state index is 15.1. The van der Waals surface area contributed by atoms with Gasteiger partial charge in [0.15, 0.2) is 0 Å². The number of aromatic hydroxyl groups is 1. The van der Waals surface area contributed by atoms with E-state index in [2.05, 4.69) is 22.2 Å². The highest BCUT2D eigenvalue weighted by Gasteiger charge is 2.51. The first-order valence-corrected chi connectivity index (χ1v) is 14.8. The zero-order valence-corrected chi connectivity index (χ0v) is 24.6. The summed E-state index contributed by atoms with van der Waals surface area (Å²) in [6.45, 7) is 7.66. The minimum atomic E-state index is -3.51. The first-order valence-electron chi connectivity index (χ1n) is 14.8. The summed E-state index contributed by atoms with van der Waals surface area (Å²) in [5.41, 5.74) is -1.63. The molecule has 1 spiro atoms. The Bertz CT molecular complexity index is 1360. The number of alkyl halides is 2. The first kappa shape index (κ1) is 30.1. The molecule has 42 heavy (non-hydrogen) atoms. The van der Waals surface area contributed by atoms with Crippen molar-refractivity contribution >= 4 is 23.5 Å². The first-order chi connectivity index (χ1) is 19.8. The van der Waals surface area contributed by atoms with Crippen molar-refractivity contribution in [2.24, 2.45) is 17.8 Å². The third-order valence-electron chi connectivity index (χ3n) is 9.60. The third-order valence-corrected chi connectivity index (χ3v) is 9.60. The van der Waals surface area contributed by atoms with Gasteiger partial charge in [0.25, 0.3) is 11.8 Å². The average Bonchev–Trinajstić information content (AvgIpc) is 3.23. The van der Waals surface area contributed by atoms with Gasteiger partial charge < -0.3 is 25.2 Å². The van der Waals surface area contributed by atoms with Crippen molar-refractivity contribution in [3.8, 4) is 5.75 Å². The van der Waals surface area contributed by atoms with Crippen LogP contribution in [0.15, 0.2) is 24.4 Å². The maximum atomic E-state index is 15.1. The number of fused-ring (bicyclic) bond motifs is 2. The molecule has 5 rings (SSSR count). The fraction of sp³-hybridized carbons (Fsp3) is 0.613. The van der Waals surface area contributed by atoms with Gasteiger partial charge in [0.05, 0.1) is 5.56 Å². The number of carboxylic acids is 1. The number of hydrogen-bond acceptors (Lipinski definition) is 7. The van der Waals surface area contributed by atoms with E-state index in [1.807, 2.05) is 0 Å². The molecule has 2 aromatic rings. The summed E-state index contributed by atoms with van der Waals surface area (Å²) in [5, 5.41) is 23.4. The molecule has 1 amide bonds. The van der Waals surface area contributed by atoms with Gasteiger partial charge >= 0.3 is 5.97 Å². The minimum absolute atomic E-state index is 0.00726. The molecule has 3 aliphatic rings. The van der Waals surface area contributed by atoms with Crippen molar-refractivity contribution in [2.45, 2.75) is 83.1 Å². The lowest BCUT2D eigenvalue weighted by molar-refractivity contribution is -0.150. The Balaban J connectivity index is 1.53. The zero-order chi connectivity index (χ0) is 30.4. The lowest BCUT2D eigenvalue weighted by Gasteiger charge is -2.44. The number of carboxylic acid groups (broad SMARTS) is 1. The van der Waals surface area contributed by atoms with Crippen LogP contribution < -0.4 is 10.2 Å². The van der Waals surface area contributed by atoms with E-state index in [4.69, 9.17) is 4.74 Å². The summed E-state index contributed by atoms with van der Waals surface area (Å²) in [7, 11) is 0. The lowest BCUT2D eigenvalue weighted by Crippen LogP contribution is -2.63. The van der Waals surface area contributed by atoms with Gasteiger partial charge in [-0.25, -0.2) is 14.8 Å². The Hall–Kier alpha value is -3.34. The predicted octanol–water partition coefficient (Wildman–Crippen LogP) is 5.53. The molecule has 9 nitrogen and oxygen atoms in total. The summed E-state index contributed by atoms with van der Waals surface area (Å²) in [5.74, 6) is -6.05. The quantitative estimate of drug-likeness (QED) is 0.387. The lowest BCUT2D eigenvalue weighted by atomic mass is 9.66.